The van der Waals surface area contributed by atoms with E-state index in [1.54, 1.807) is 12.3 Å². The quantitative estimate of drug-likeness (QED) is 0.731. The van der Waals surface area contributed by atoms with E-state index in [1.807, 2.05) is 42.5 Å². The normalized spacial score (nSPS) is 10.3. The van der Waals surface area contributed by atoms with Crippen LogP contribution in [0.25, 0.3) is 10.9 Å². The van der Waals surface area contributed by atoms with Crippen molar-refractivity contribution in [2.45, 2.75) is 13.0 Å². The number of benzene rings is 2. The predicted octanol–water partition coefficient (Wildman–Crippen LogP) is 3.90. The molecule has 0 amide bonds. The van der Waals surface area contributed by atoms with Crippen molar-refractivity contribution in [2.24, 2.45) is 0 Å². The summed E-state index contributed by atoms with van der Waals surface area (Å²) in [6, 6.07) is 17.4. The molecule has 0 N–H and O–H groups in total. The number of nitrogens with zero attached hydrogens (tertiary/aromatic N) is 2. The molecule has 0 radical (unpaired) electrons. The highest BCUT2D eigenvalue weighted by Crippen LogP contribution is 2.27. The number of methoxy groups -OCH3 is 1. The molecule has 0 saturated carbocycles. The standard InChI is InChI=1S/C19H16N2O3/c1-23-19(22)21-12-15(9-10-20)17-8-7-16(11-18(17)21)24-13-14-5-3-2-4-6-14/h2-8,11-12H,9,13H2,1H3. The summed E-state index contributed by atoms with van der Waals surface area (Å²) in [4.78, 5) is 12.0. The van der Waals surface area contributed by atoms with Gasteiger partial charge in [0.05, 0.1) is 25.1 Å². The van der Waals surface area contributed by atoms with Crippen LogP contribution >= 0.6 is 0 Å². The lowest BCUT2D eigenvalue weighted by Crippen LogP contribution is -2.09. The maximum Gasteiger partial charge on any atom is 0.418 e. The molecule has 0 fully saturated rings. The van der Waals surface area contributed by atoms with Gasteiger partial charge in [-0.05, 0) is 23.3 Å². The Morgan fingerprint density at radius 1 is 1.21 bits per heavy atom. The van der Waals surface area contributed by atoms with Gasteiger partial charge in [0.25, 0.3) is 0 Å². The fourth-order valence-corrected chi connectivity index (χ4v) is 2.58. The van der Waals surface area contributed by atoms with E-state index in [-0.39, 0.29) is 6.42 Å². The molecule has 3 rings (SSSR count). The van der Waals surface area contributed by atoms with Crippen LogP contribution in [0.15, 0.2) is 54.7 Å². The molecule has 0 saturated heterocycles. The minimum Gasteiger partial charge on any atom is -0.489 e. The molecule has 5 heteroatoms. The van der Waals surface area contributed by atoms with Gasteiger partial charge in [0.2, 0.25) is 0 Å². The van der Waals surface area contributed by atoms with E-state index in [9.17, 15) is 4.79 Å². The number of hydrogen-bond acceptors (Lipinski definition) is 4. The highest BCUT2D eigenvalue weighted by atomic mass is 16.5. The van der Waals surface area contributed by atoms with Crippen LogP contribution in [-0.2, 0) is 17.8 Å². The Morgan fingerprint density at radius 3 is 2.71 bits per heavy atom. The number of nitriles is 1. The number of carbonyl (C=O) groups is 1. The summed E-state index contributed by atoms with van der Waals surface area (Å²) < 4.78 is 12.0. The lowest BCUT2D eigenvalue weighted by molar-refractivity contribution is 0.174. The van der Waals surface area contributed by atoms with E-state index in [4.69, 9.17) is 14.7 Å². The van der Waals surface area contributed by atoms with Crippen molar-refractivity contribution in [3.05, 3.63) is 65.9 Å². The van der Waals surface area contributed by atoms with Gasteiger partial charge in [-0.1, -0.05) is 30.3 Å². The minimum atomic E-state index is -0.496. The fraction of sp³-hybridized carbons (Fsp3) is 0.158. The molecule has 1 aromatic heterocycles. The average Bonchev–Trinajstić information content (AvgIpc) is 2.98. The van der Waals surface area contributed by atoms with Gasteiger partial charge in [-0.25, -0.2) is 4.79 Å². The van der Waals surface area contributed by atoms with Crippen LogP contribution in [0.1, 0.15) is 11.1 Å². The lowest BCUT2D eigenvalue weighted by atomic mass is 10.1. The summed E-state index contributed by atoms with van der Waals surface area (Å²) in [6.45, 7) is 0.441. The van der Waals surface area contributed by atoms with Crippen LogP contribution < -0.4 is 4.74 Å². The zero-order valence-electron chi connectivity index (χ0n) is 13.2. The van der Waals surface area contributed by atoms with E-state index in [1.165, 1.54) is 11.7 Å². The van der Waals surface area contributed by atoms with Crippen LogP contribution in [0.5, 0.6) is 5.75 Å². The lowest BCUT2D eigenvalue weighted by Gasteiger charge is -2.08. The Balaban J connectivity index is 1.94. The maximum atomic E-state index is 12.0. The first-order chi connectivity index (χ1) is 11.7. The molecule has 3 aromatic rings. The first-order valence-corrected chi connectivity index (χ1v) is 7.49. The highest BCUT2D eigenvalue weighted by Gasteiger charge is 2.14. The SMILES string of the molecule is COC(=O)n1cc(CC#N)c2ccc(OCc3ccccc3)cc21. The van der Waals surface area contributed by atoms with Crippen LogP contribution in [0.3, 0.4) is 0 Å². The number of rotatable bonds is 4. The number of hydrogen-bond donors (Lipinski definition) is 0. The van der Waals surface area contributed by atoms with Gasteiger partial charge in [0, 0.05) is 17.6 Å². The summed E-state index contributed by atoms with van der Waals surface area (Å²) in [5, 5.41) is 9.79. The maximum absolute atomic E-state index is 12.0. The molecule has 0 aliphatic heterocycles. The molecule has 5 nitrogen and oxygen atoms in total. The summed E-state index contributed by atoms with van der Waals surface area (Å²) in [6.07, 6.45) is 1.37. The first kappa shape index (κ1) is 15.6. The van der Waals surface area contributed by atoms with Crippen molar-refractivity contribution in [1.82, 2.24) is 4.57 Å². The van der Waals surface area contributed by atoms with Gasteiger partial charge in [-0.2, -0.15) is 5.26 Å². The summed E-state index contributed by atoms with van der Waals surface area (Å²) in [7, 11) is 1.33. The molecule has 0 unspecified atom stereocenters. The number of aromatic nitrogens is 1. The zero-order valence-corrected chi connectivity index (χ0v) is 13.2. The second kappa shape index (κ2) is 6.88. The van der Waals surface area contributed by atoms with E-state index in [2.05, 4.69) is 6.07 Å². The third kappa shape index (κ3) is 3.08. The molecule has 0 aliphatic rings. The molecule has 0 spiro atoms. The third-order valence-corrected chi connectivity index (χ3v) is 3.75. The van der Waals surface area contributed by atoms with Gasteiger partial charge < -0.3 is 9.47 Å². The Hall–Kier alpha value is -3.26. The van der Waals surface area contributed by atoms with E-state index >= 15 is 0 Å². The molecule has 0 aliphatic carbocycles. The van der Waals surface area contributed by atoms with Crippen molar-refractivity contribution in [1.29, 1.82) is 5.26 Å². The molecular formula is C19H16N2O3. The summed E-state index contributed by atoms with van der Waals surface area (Å²) >= 11 is 0. The van der Waals surface area contributed by atoms with E-state index < -0.39 is 6.09 Å². The van der Waals surface area contributed by atoms with Gasteiger partial charge >= 0.3 is 6.09 Å². The Labute approximate surface area is 139 Å². The molecule has 1 heterocycles. The van der Waals surface area contributed by atoms with Gasteiger partial charge in [0.15, 0.2) is 0 Å². The van der Waals surface area contributed by atoms with Crippen molar-refractivity contribution >= 4 is 17.0 Å². The van der Waals surface area contributed by atoms with Gasteiger partial charge in [-0.3, -0.25) is 4.57 Å². The van der Waals surface area contributed by atoms with Crippen LogP contribution in [0.4, 0.5) is 4.79 Å². The highest BCUT2D eigenvalue weighted by molar-refractivity contribution is 5.93. The first-order valence-electron chi connectivity index (χ1n) is 7.49. The number of ether oxygens (including phenoxy) is 2. The number of fused-ring (bicyclic) bond motifs is 1. The summed E-state index contributed by atoms with van der Waals surface area (Å²) in [5.41, 5.74) is 2.51. The monoisotopic (exact) mass is 320 g/mol. The van der Waals surface area contributed by atoms with Crippen molar-refractivity contribution in [3.8, 4) is 11.8 Å². The third-order valence-electron chi connectivity index (χ3n) is 3.75. The zero-order chi connectivity index (χ0) is 16.9. The van der Waals surface area contributed by atoms with E-state index in [0.717, 1.165) is 16.5 Å². The van der Waals surface area contributed by atoms with Crippen molar-refractivity contribution < 1.29 is 14.3 Å². The molecule has 24 heavy (non-hydrogen) atoms. The molecular weight excluding hydrogens is 304 g/mol. The number of carbonyl (C=O) groups excluding carboxylic acids is 1. The average molecular weight is 320 g/mol. The van der Waals surface area contributed by atoms with Crippen LogP contribution in [-0.4, -0.2) is 17.8 Å². The van der Waals surface area contributed by atoms with E-state index in [0.29, 0.717) is 17.9 Å². The largest absolute Gasteiger partial charge is 0.489 e. The van der Waals surface area contributed by atoms with Crippen LogP contribution in [0, 0.1) is 11.3 Å². The topological polar surface area (TPSA) is 64.2 Å². The second-order valence-electron chi connectivity index (χ2n) is 5.28. The molecule has 0 bridgehead atoms. The minimum absolute atomic E-state index is 0.227. The molecule has 0 atom stereocenters. The Bertz CT molecular complexity index is 908. The van der Waals surface area contributed by atoms with Crippen molar-refractivity contribution in [2.75, 3.05) is 7.11 Å². The van der Waals surface area contributed by atoms with Gasteiger partial charge in [-0.15, -0.1) is 0 Å². The smallest absolute Gasteiger partial charge is 0.418 e. The summed E-state index contributed by atoms with van der Waals surface area (Å²) in [5.74, 6) is 0.651. The van der Waals surface area contributed by atoms with Crippen LogP contribution in [0.2, 0.25) is 0 Å². The predicted molar refractivity (Wildman–Crippen MR) is 89.8 cm³/mol. The molecule has 2 aromatic carbocycles. The Morgan fingerprint density at radius 2 is 2.00 bits per heavy atom. The Kier molecular flexibility index (Phi) is 4.48. The fourth-order valence-electron chi connectivity index (χ4n) is 2.58. The second-order valence-corrected chi connectivity index (χ2v) is 5.28. The molecule has 120 valence electrons. The van der Waals surface area contributed by atoms with Crippen molar-refractivity contribution in [3.63, 3.8) is 0 Å². The van der Waals surface area contributed by atoms with Gasteiger partial charge in [0.1, 0.15) is 12.4 Å².